The Kier molecular flexibility index (Phi) is 5.41. The van der Waals surface area contributed by atoms with E-state index in [4.69, 9.17) is 9.73 Å². The minimum Gasteiger partial charge on any atom is -0.439 e. The zero-order valence-electron chi connectivity index (χ0n) is 17.2. The number of fused-ring (bicyclic) bond motifs is 1. The molecule has 0 aliphatic carbocycles. The van der Waals surface area contributed by atoms with Crippen LogP contribution in [0.1, 0.15) is 16.7 Å². The lowest BCUT2D eigenvalue weighted by molar-refractivity contribution is -0.118. The van der Waals surface area contributed by atoms with Gasteiger partial charge in [-0.2, -0.15) is 0 Å². The molecule has 0 fully saturated rings. The van der Waals surface area contributed by atoms with E-state index in [1.54, 1.807) is 6.07 Å². The maximum absolute atomic E-state index is 13.1. The summed E-state index contributed by atoms with van der Waals surface area (Å²) >= 11 is 0. The molecular weight excluding hydrogens is 400 g/mol. The summed E-state index contributed by atoms with van der Waals surface area (Å²) < 4.78 is 5.79. The largest absolute Gasteiger partial charge is 0.439 e. The molecule has 0 spiro atoms. The SMILES string of the molecule is O=C1Cc2ccccc2C(c2ccccc2)=NC1Nc1cc(Oc2ccccc2)ncn1. The third-order valence-electron chi connectivity index (χ3n) is 5.14. The lowest BCUT2D eigenvalue weighted by Gasteiger charge is -2.14. The van der Waals surface area contributed by atoms with Gasteiger partial charge in [0.2, 0.25) is 5.88 Å². The first-order chi connectivity index (χ1) is 15.8. The Hall–Kier alpha value is -4.32. The Morgan fingerprint density at radius 2 is 1.56 bits per heavy atom. The van der Waals surface area contributed by atoms with Crippen LogP contribution in [0.3, 0.4) is 0 Å². The van der Waals surface area contributed by atoms with E-state index in [0.717, 1.165) is 22.4 Å². The van der Waals surface area contributed by atoms with Gasteiger partial charge in [-0.05, 0) is 17.7 Å². The van der Waals surface area contributed by atoms with Crippen molar-refractivity contribution >= 4 is 17.3 Å². The standard InChI is InChI=1S/C26H20N4O2/c31-22-15-19-11-7-8-14-21(19)25(18-9-3-1-4-10-18)30-26(22)29-23-16-24(28-17-27-23)32-20-12-5-2-6-13-20/h1-14,16-17,26H,15H2,(H,27,28,29). The second-order valence-corrected chi connectivity index (χ2v) is 7.35. The van der Waals surface area contributed by atoms with E-state index >= 15 is 0 Å². The van der Waals surface area contributed by atoms with Gasteiger partial charge in [0.1, 0.15) is 17.9 Å². The van der Waals surface area contributed by atoms with Crippen LogP contribution < -0.4 is 10.1 Å². The van der Waals surface area contributed by atoms with Crippen molar-refractivity contribution in [3.8, 4) is 11.6 Å². The van der Waals surface area contributed by atoms with Gasteiger partial charge in [0.05, 0.1) is 5.71 Å². The van der Waals surface area contributed by atoms with Gasteiger partial charge in [0.25, 0.3) is 0 Å². The van der Waals surface area contributed by atoms with E-state index in [1.165, 1.54) is 6.33 Å². The molecule has 5 rings (SSSR count). The van der Waals surface area contributed by atoms with E-state index in [1.807, 2.05) is 84.9 Å². The number of rotatable bonds is 5. The van der Waals surface area contributed by atoms with Gasteiger partial charge in [-0.15, -0.1) is 0 Å². The quantitative estimate of drug-likeness (QED) is 0.508. The summed E-state index contributed by atoms with van der Waals surface area (Å²) in [5, 5.41) is 3.16. The summed E-state index contributed by atoms with van der Waals surface area (Å²) in [5.41, 5.74) is 3.66. The summed E-state index contributed by atoms with van der Waals surface area (Å²) in [6.45, 7) is 0. The maximum Gasteiger partial charge on any atom is 0.224 e. The molecule has 0 amide bonds. The molecule has 0 radical (unpaired) electrons. The molecular formula is C26H20N4O2. The van der Waals surface area contributed by atoms with Crippen molar-refractivity contribution in [1.82, 2.24) is 9.97 Å². The van der Waals surface area contributed by atoms with Crippen LogP contribution in [0.2, 0.25) is 0 Å². The van der Waals surface area contributed by atoms with Crippen LogP contribution in [0.5, 0.6) is 11.6 Å². The second kappa shape index (κ2) is 8.81. The fourth-order valence-corrected chi connectivity index (χ4v) is 3.62. The fraction of sp³-hybridized carbons (Fsp3) is 0.0769. The number of ether oxygens (including phenoxy) is 1. The van der Waals surface area contributed by atoms with Gasteiger partial charge < -0.3 is 10.1 Å². The number of para-hydroxylation sites is 1. The van der Waals surface area contributed by atoms with Crippen LogP contribution in [-0.4, -0.2) is 27.6 Å². The molecule has 1 N–H and O–H groups in total. The lowest BCUT2D eigenvalue weighted by atomic mass is 9.96. The smallest absolute Gasteiger partial charge is 0.224 e. The number of anilines is 1. The Balaban J connectivity index is 1.47. The molecule has 0 saturated carbocycles. The second-order valence-electron chi connectivity index (χ2n) is 7.35. The minimum atomic E-state index is -0.780. The number of benzene rings is 3. The molecule has 1 atom stereocenters. The average Bonchev–Trinajstić information content (AvgIpc) is 2.97. The highest BCUT2D eigenvalue weighted by Gasteiger charge is 2.26. The van der Waals surface area contributed by atoms with E-state index in [0.29, 0.717) is 17.4 Å². The molecule has 1 aromatic heterocycles. The lowest BCUT2D eigenvalue weighted by Crippen LogP contribution is -2.29. The van der Waals surface area contributed by atoms with Crippen LogP contribution in [0, 0.1) is 0 Å². The number of aromatic nitrogens is 2. The highest BCUT2D eigenvalue weighted by molar-refractivity contribution is 6.16. The summed E-state index contributed by atoms with van der Waals surface area (Å²) in [6.07, 6.45) is 0.905. The first-order valence-corrected chi connectivity index (χ1v) is 10.3. The van der Waals surface area contributed by atoms with Crippen LogP contribution in [0.15, 0.2) is 102 Å². The van der Waals surface area contributed by atoms with Gasteiger partial charge in [-0.3, -0.25) is 9.79 Å². The van der Waals surface area contributed by atoms with Crippen molar-refractivity contribution in [2.45, 2.75) is 12.6 Å². The highest BCUT2D eigenvalue weighted by atomic mass is 16.5. The molecule has 1 unspecified atom stereocenters. The molecule has 1 aliphatic rings. The highest BCUT2D eigenvalue weighted by Crippen LogP contribution is 2.24. The van der Waals surface area contributed by atoms with Crippen molar-refractivity contribution < 1.29 is 9.53 Å². The summed E-state index contributed by atoms with van der Waals surface area (Å²) in [7, 11) is 0. The Bertz CT molecular complexity index is 1270. The maximum atomic E-state index is 13.1. The first kappa shape index (κ1) is 19.6. The molecule has 4 aromatic rings. The Morgan fingerprint density at radius 1 is 0.844 bits per heavy atom. The molecule has 6 nitrogen and oxygen atoms in total. The van der Waals surface area contributed by atoms with Crippen LogP contribution in [-0.2, 0) is 11.2 Å². The molecule has 32 heavy (non-hydrogen) atoms. The third-order valence-corrected chi connectivity index (χ3v) is 5.14. The average molecular weight is 420 g/mol. The van der Waals surface area contributed by atoms with Crippen molar-refractivity contribution in [2.24, 2.45) is 4.99 Å². The number of hydrogen-bond donors (Lipinski definition) is 1. The van der Waals surface area contributed by atoms with E-state index in [-0.39, 0.29) is 12.2 Å². The summed E-state index contributed by atoms with van der Waals surface area (Å²) in [5.74, 6) is 1.48. The van der Waals surface area contributed by atoms with Crippen LogP contribution in [0.25, 0.3) is 0 Å². The predicted molar refractivity (Wildman–Crippen MR) is 123 cm³/mol. The molecule has 6 heteroatoms. The number of carbonyl (C=O) groups is 1. The molecule has 2 heterocycles. The van der Waals surface area contributed by atoms with Gasteiger partial charge in [0, 0.05) is 23.6 Å². The number of nitrogens with one attached hydrogen (secondary N) is 1. The molecule has 0 saturated heterocycles. The number of hydrogen-bond acceptors (Lipinski definition) is 6. The first-order valence-electron chi connectivity index (χ1n) is 10.3. The van der Waals surface area contributed by atoms with Crippen molar-refractivity contribution in [3.63, 3.8) is 0 Å². The van der Waals surface area contributed by atoms with Gasteiger partial charge in [0.15, 0.2) is 11.9 Å². The van der Waals surface area contributed by atoms with E-state index < -0.39 is 6.17 Å². The number of carbonyl (C=O) groups excluding carboxylic acids is 1. The number of ketones is 1. The van der Waals surface area contributed by atoms with Crippen LogP contribution in [0.4, 0.5) is 5.82 Å². The fourth-order valence-electron chi connectivity index (χ4n) is 3.62. The van der Waals surface area contributed by atoms with Crippen molar-refractivity contribution in [1.29, 1.82) is 0 Å². The monoisotopic (exact) mass is 420 g/mol. The minimum absolute atomic E-state index is 0.0347. The molecule has 0 bridgehead atoms. The van der Waals surface area contributed by atoms with E-state index in [9.17, 15) is 4.79 Å². The summed E-state index contributed by atoms with van der Waals surface area (Å²) in [4.78, 5) is 26.4. The number of aliphatic imine (C=N–C) groups is 1. The number of nitrogens with zero attached hydrogens (tertiary/aromatic N) is 3. The molecule has 156 valence electrons. The molecule has 3 aromatic carbocycles. The molecule has 1 aliphatic heterocycles. The van der Waals surface area contributed by atoms with E-state index in [2.05, 4.69) is 15.3 Å². The zero-order valence-corrected chi connectivity index (χ0v) is 17.2. The normalized spacial score (nSPS) is 15.3. The Labute approximate surface area is 185 Å². The summed E-state index contributed by atoms with van der Waals surface area (Å²) in [6, 6.07) is 28.8. The van der Waals surface area contributed by atoms with Gasteiger partial charge >= 0.3 is 0 Å². The van der Waals surface area contributed by atoms with Gasteiger partial charge in [-0.25, -0.2) is 9.97 Å². The topological polar surface area (TPSA) is 76.5 Å². The van der Waals surface area contributed by atoms with Gasteiger partial charge in [-0.1, -0.05) is 72.8 Å². The predicted octanol–water partition coefficient (Wildman–Crippen LogP) is 4.67. The van der Waals surface area contributed by atoms with Crippen molar-refractivity contribution in [2.75, 3.05) is 5.32 Å². The number of Topliss-reactive ketones (excluding diaryl/α,β-unsaturated/α-hetero) is 1. The van der Waals surface area contributed by atoms with Crippen LogP contribution >= 0.6 is 0 Å². The Morgan fingerprint density at radius 3 is 2.38 bits per heavy atom. The zero-order chi connectivity index (χ0) is 21.8. The third kappa shape index (κ3) is 4.25. The van der Waals surface area contributed by atoms with Crippen molar-refractivity contribution in [3.05, 3.63) is 114 Å².